The zero-order chi connectivity index (χ0) is 13.0. The Morgan fingerprint density at radius 2 is 2.17 bits per heavy atom. The molecule has 5 nitrogen and oxygen atoms in total. The van der Waals surface area contributed by atoms with Crippen molar-refractivity contribution < 1.29 is 4.92 Å². The van der Waals surface area contributed by atoms with Crippen LogP contribution in [-0.2, 0) is 6.54 Å². The van der Waals surface area contributed by atoms with E-state index in [0.717, 1.165) is 31.2 Å². The normalized spacial score (nSPS) is 23.8. The molecule has 5 heteroatoms. The minimum atomic E-state index is -0.330. The Labute approximate surface area is 107 Å². The van der Waals surface area contributed by atoms with Crippen LogP contribution in [0.5, 0.6) is 0 Å². The second kappa shape index (κ2) is 5.93. The van der Waals surface area contributed by atoms with Gasteiger partial charge in [0, 0.05) is 30.3 Å². The summed E-state index contributed by atoms with van der Waals surface area (Å²) in [6, 6.07) is 7.52. The molecule has 1 aromatic carbocycles. The van der Waals surface area contributed by atoms with Crippen LogP contribution in [0, 0.1) is 10.1 Å². The average molecular weight is 249 g/mol. The number of benzene rings is 1. The first-order valence-electron chi connectivity index (χ1n) is 6.38. The average Bonchev–Trinajstić information content (AvgIpc) is 2.37. The fourth-order valence-electron chi connectivity index (χ4n) is 2.51. The lowest BCUT2D eigenvalue weighted by Crippen LogP contribution is -2.39. The fourth-order valence-corrected chi connectivity index (χ4v) is 2.51. The Hall–Kier alpha value is -1.46. The lowest BCUT2D eigenvalue weighted by molar-refractivity contribution is -0.385. The van der Waals surface area contributed by atoms with Crippen LogP contribution in [0.2, 0.25) is 0 Å². The molecular weight excluding hydrogens is 230 g/mol. The monoisotopic (exact) mass is 249 g/mol. The van der Waals surface area contributed by atoms with Crippen molar-refractivity contribution in [2.24, 2.45) is 5.73 Å². The molecule has 0 aliphatic heterocycles. The molecule has 1 saturated carbocycles. The van der Waals surface area contributed by atoms with E-state index in [2.05, 4.69) is 5.32 Å². The zero-order valence-electron chi connectivity index (χ0n) is 10.3. The first kappa shape index (κ1) is 13.0. The highest BCUT2D eigenvalue weighted by atomic mass is 16.6. The van der Waals surface area contributed by atoms with Crippen LogP contribution in [0.15, 0.2) is 24.3 Å². The first-order chi connectivity index (χ1) is 8.66. The van der Waals surface area contributed by atoms with E-state index in [4.69, 9.17) is 5.73 Å². The highest BCUT2D eigenvalue weighted by Crippen LogP contribution is 2.20. The Balaban J connectivity index is 1.95. The number of rotatable bonds is 4. The number of nitro groups is 1. The van der Waals surface area contributed by atoms with Crippen LogP contribution in [0.25, 0.3) is 0 Å². The number of nitro benzene ring substituents is 1. The van der Waals surface area contributed by atoms with Crippen LogP contribution >= 0.6 is 0 Å². The van der Waals surface area contributed by atoms with Crippen molar-refractivity contribution >= 4 is 5.69 Å². The van der Waals surface area contributed by atoms with E-state index in [1.807, 2.05) is 6.07 Å². The largest absolute Gasteiger partial charge is 0.328 e. The Kier molecular flexibility index (Phi) is 4.28. The Morgan fingerprint density at radius 3 is 2.89 bits per heavy atom. The van der Waals surface area contributed by atoms with E-state index in [1.54, 1.807) is 18.2 Å². The van der Waals surface area contributed by atoms with Gasteiger partial charge in [-0.1, -0.05) is 24.6 Å². The molecule has 0 heterocycles. The molecule has 2 rings (SSSR count). The summed E-state index contributed by atoms with van der Waals surface area (Å²) >= 11 is 0. The molecule has 0 bridgehead atoms. The number of hydrogen-bond donors (Lipinski definition) is 2. The predicted molar refractivity (Wildman–Crippen MR) is 70.2 cm³/mol. The van der Waals surface area contributed by atoms with Gasteiger partial charge in [-0.05, 0) is 19.3 Å². The molecule has 0 aromatic heterocycles. The first-order valence-corrected chi connectivity index (χ1v) is 6.38. The van der Waals surface area contributed by atoms with E-state index in [1.165, 1.54) is 0 Å². The van der Waals surface area contributed by atoms with Gasteiger partial charge in [-0.15, -0.1) is 0 Å². The van der Waals surface area contributed by atoms with Crippen molar-refractivity contribution in [3.8, 4) is 0 Å². The van der Waals surface area contributed by atoms with Gasteiger partial charge in [0.25, 0.3) is 5.69 Å². The fraction of sp³-hybridized carbons (Fsp3) is 0.538. The van der Waals surface area contributed by atoms with Gasteiger partial charge in [-0.3, -0.25) is 10.1 Å². The second-order valence-electron chi connectivity index (χ2n) is 4.89. The van der Waals surface area contributed by atoms with E-state index < -0.39 is 0 Å². The Bertz CT molecular complexity index is 422. The summed E-state index contributed by atoms with van der Waals surface area (Å²) in [5.74, 6) is 0. The number of nitrogens with two attached hydrogens (primary N) is 1. The summed E-state index contributed by atoms with van der Waals surface area (Å²) in [5, 5.41) is 14.3. The molecule has 3 N–H and O–H groups in total. The number of hydrogen-bond acceptors (Lipinski definition) is 4. The SMILES string of the molecule is NC1CCCC(NCc2ccccc2[N+](=O)[O-])C1. The molecule has 18 heavy (non-hydrogen) atoms. The van der Waals surface area contributed by atoms with Crippen LogP contribution in [0.1, 0.15) is 31.2 Å². The molecule has 0 amide bonds. The van der Waals surface area contributed by atoms with Crippen LogP contribution in [-0.4, -0.2) is 17.0 Å². The topological polar surface area (TPSA) is 81.2 Å². The summed E-state index contributed by atoms with van der Waals surface area (Å²) in [6.45, 7) is 0.536. The number of para-hydroxylation sites is 1. The molecule has 0 radical (unpaired) electrons. The minimum absolute atomic E-state index is 0.185. The molecular formula is C13H19N3O2. The number of nitrogens with one attached hydrogen (secondary N) is 1. The van der Waals surface area contributed by atoms with Crippen LogP contribution < -0.4 is 11.1 Å². The molecule has 2 unspecified atom stereocenters. The van der Waals surface area contributed by atoms with Crippen molar-refractivity contribution in [1.29, 1.82) is 0 Å². The van der Waals surface area contributed by atoms with Crippen LogP contribution in [0.4, 0.5) is 5.69 Å². The molecule has 1 aliphatic rings. The standard InChI is InChI=1S/C13H19N3O2/c14-11-5-3-6-12(8-11)15-9-10-4-1-2-7-13(10)16(17)18/h1-2,4,7,11-12,15H,3,5-6,8-9,14H2. The van der Waals surface area contributed by atoms with E-state index in [9.17, 15) is 10.1 Å². The van der Waals surface area contributed by atoms with Gasteiger partial charge in [-0.2, -0.15) is 0 Å². The summed E-state index contributed by atoms with van der Waals surface area (Å²) in [6.07, 6.45) is 4.29. The lowest BCUT2D eigenvalue weighted by atomic mass is 9.91. The maximum Gasteiger partial charge on any atom is 0.273 e. The van der Waals surface area contributed by atoms with Crippen molar-refractivity contribution in [3.05, 3.63) is 39.9 Å². The lowest BCUT2D eigenvalue weighted by Gasteiger charge is -2.27. The van der Waals surface area contributed by atoms with Crippen molar-refractivity contribution in [3.63, 3.8) is 0 Å². The van der Waals surface area contributed by atoms with Gasteiger partial charge in [0.05, 0.1) is 4.92 Å². The minimum Gasteiger partial charge on any atom is -0.328 e. The molecule has 1 fully saturated rings. The molecule has 1 aliphatic carbocycles. The number of nitrogens with zero attached hydrogens (tertiary/aromatic N) is 1. The summed E-state index contributed by atoms with van der Waals surface area (Å²) in [4.78, 5) is 10.6. The quantitative estimate of drug-likeness (QED) is 0.631. The van der Waals surface area contributed by atoms with Gasteiger partial charge in [0.2, 0.25) is 0 Å². The molecule has 0 saturated heterocycles. The third-order valence-electron chi connectivity index (χ3n) is 3.48. The maximum absolute atomic E-state index is 10.9. The highest BCUT2D eigenvalue weighted by molar-refractivity contribution is 5.39. The molecule has 1 aromatic rings. The van der Waals surface area contributed by atoms with Crippen molar-refractivity contribution in [2.75, 3.05) is 0 Å². The summed E-state index contributed by atoms with van der Waals surface area (Å²) < 4.78 is 0. The van der Waals surface area contributed by atoms with E-state index in [0.29, 0.717) is 12.6 Å². The Morgan fingerprint density at radius 1 is 1.39 bits per heavy atom. The maximum atomic E-state index is 10.9. The third-order valence-corrected chi connectivity index (χ3v) is 3.48. The van der Waals surface area contributed by atoms with Crippen molar-refractivity contribution in [1.82, 2.24) is 5.32 Å². The highest BCUT2D eigenvalue weighted by Gasteiger charge is 2.20. The molecule has 98 valence electrons. The van der Waals surface area contributed by atoms with Gasteiger partial charge in [-0.25, -0.2) is 0 Å². The predicted octanol–water partition coefficient (Wildman–Crippen LogP) is 1.95. The second-order valence-corrected chi connectivity index (χ2v) is 4.89. The third kappa shape index (κ3) is 3.27. The van der Waals surface area contributed by atoms with Gasteiger partial charge < -0.3 is 11.1 Å². The van der Waals surface area contributed by atoms with Crippen LogP contribution in [0.3, 0.4) is 0 Å². The van der Waals surface area contributed by atoms with Gasteiger partial charge in [0.1, 0.15) is 0 Å². The van der Waals surface area contributed by atoms with Gasteiger partial charge in [0.15, 0.2) is 0 Å². The summed E-state index contributed by atoms with van der Waals surface area (Å²) in [5.41, 5.74) is 6.85. The smallest absolute Gasteiger partial charge is 0.273 e. The van der Waals surface area contributed by atoms with E-state index >= 15 is 0 Å². The molecule has 0 spiro atoms. The van der Waals surface area contributed by atoms with E-state index in [-0.39, 0.29) is 16.7 Å². The van der Waals surface area contributed by atoms with Gasteiger partial charge >= 0.3 is 0 Å². The van der Waals surface area contributed by atoms with Crippen molar-refractivity contribution in [2.45, 2.75) is 44.3 Å². The molecule has 2 atom stereocenters. The summed E-state index contributed by atoms with van der Waals surface area (Å²) in [7, 11) is 0. The zero-order valence-corrected chi connectivity index (χ0v) is 10.3.